The molecule has 1 unspecified atom stereocenters. The highest BCUT2D eigenvalue weighted by Gasteiger charge is 2.56. The molecule has 3 saturated carbocycles. The van der Waals surface area contributed by atoms with Crippen LogP contribution in [-0.4, -0.2) is 61.1 Å². The van der Waals surface area contributed by atoms with Gasteiger partial charge < -0.3 is 25.0 Å². The number of halogens is 4. The number of carbonyl (C=O) groups excluding carboxylic acids is 2. The maximum atomic E-state index is 13.7. The Hall–Kier alpha value is -2.62. The van der Waals surface area contributed by atoms with E-state index in [1.54, 1.807) is 0 Å². The largest absolute Gasteiger partial charge is 0.484 e. The van der Waals surface area contributed by atoms with Gasteiger partial charge in [-0.1, -0.05) is 23.2 Å². The molecule has 0 aliphatic heterocycles. The van der Waals surface area contributed by atoms with E-state index in [-0.39, 0.29) is 52.6 Å². The number of fused-ring (bicyclic) bond motifs is 3. The van der Waals surface area contributed by atoms with E-state index in [4.69, 9.17) is 32.7 Å². The summed E-state index contributed by atoms with van der Waals surface area (Å²) in [6.45, 7) is -0.507. The Labute approximate surface area is 224 Å². The average Bonchev–Trinajstić information content (AvgIpc) is 2.86. The molecule has 3 fully saturated rings. The second-order valence-electron chi connectivity index (χ2n) is 9.95. The molecule has 0 heterocycles. The highest BCUT2D eigenvalue weighted by atomic mass is 35.5. The van der Waals surface area contributed by atoms with E-state index in [2.05, 4.69) is 15.5 Å². The number of likely N-dealkylation sites (N-methyl/N-ethyl adjacent to an activating group) is 1. The van der Waals surface area contributed by atoms with Gasteiger partial charge in [0, 0.05) is 23.7 Å². The smallest absolute Gasteiger partial charge is 0.258 e. The predicted molar refractivity (Wildman–Crippen MR) is 136 cm³/mol. The van der Waals surface area contributed by atoms with Gasteiger partial charge in [-0.25, -0.2) is 8.78 Å². The maximum absolute atomic E-state index is 13.7. The lowest BCUT2D eigenvalue weighted by Gasteiger charge is -2.59. The Balaban J connectivity index is 1.34. The molecule has 2 aromatic carbocycles. The summed E-state index contributed by atoms with van der Waals surface area (Å²) >= 11 is 11.4. The van der Waals surface area contributed by atoms with Crippen molar-refractivity contribution in [1.82, 2.24) is 15.5 Å². The van der Waals surface area contributed by atoms with Crippen molar-refractivity contribution in [3.05, 3.63) is 58.1 Å². The number of hydrogen-bond donors (Lipinski definition) is 2. The predicted octanol–water partition coefficient (Wildman–Crippen LogP) is 4.35. The average molecular weight is 556 g/mol. The third-order valence-electron chi connectivity index (χ3n) is 7.26. The first-order chi connectivity index (χ1) is 17.5. The Morgan fingerprint density at radius 3 is 1.84 bits per heavy atom. The van der Waals surface area contributed by atoms with Gasteiger partial charge in [-0.2, -0.15) is 0 Å². The van der Waals surface area contributed by atoms with Gasteiger partial charge in [0.15, 0.2) is 13.2 Å². The van der Waals surface area contributed by atoms with Crippen LogP contribution in [0.5, 0.6) is 11.5 Å². The van der Waals surface area contributed by atoms with Gasteiger partial charge in [-0.3, -0.25) is 9.59 Å². The van der Waals surface area contributed by atoms with Gasteiger partial charge in [-0.05, 0) is 70.5 Å². The van der Waals surface area contributed by atoms with Crippen LogP contribution in [0.3, 0.4) is 0 Å². The van der Waals surface area contributed by atoms with E-state index in [1.165, 1.54) is 24.3 Å². The quantitative estimate of drug-likeness (QED) is 0.481. The van der Waals surface area contributed by atoms with Crippen LogP contribution in [-0.2, 0) is 9.59 Å². The molecule has 2 bridgehead atoms. The van der Waals surface area contributed by atoms with Crippen LogP contribution in [0.4, 0.5) is 8.78 Å². The van der Waals surface area contributed by atoms with E-state index in [1.807, 2.05) is 14.1 Å². The number of carbonyl (C=O) groups is 2. The third-order valence-corrected chi connectivity index (χ3v) is 7.87. The lowest BCUT2D eigenvalue weighted by atomic mass is 9.58. The van der Waals surface area contributed by atoms with Crippen LogP contribution in [0, 0.1) is 11.6 Å². The normalized spacial score (nSPS) is 24.6. The zero-order valence-electron chi connectivity index (χ0n) is 20.6. The second kappa shape index (κ2) is 11.0. The van der Waals surface area contributed by atoms with E-state index in [0.29, 0.717) is 32.1 Å². The minimum absolute atomic E-state index is 0.0177. The van der Waals surface area contributed by atoms with Gasteiger partial charge in [0.2, 0.25) is 0 Å². The fourth-order valence-electron chi connectivity index (χ4n) is 5.42. The molecule has 0 saturated heterocycles. The van der Waals surface area contributed by atoms with E-state index in [0.717, 1.165) is 12.1 Å². The van der Waals surface area contributed by atoms with Crippen LogP contribution >= 0.6 is 23.2 Å². The molecular formula is C26H29Cl2F2N3O4. The number of ether oxygens (including phenoxy) is 2. The van der Waals surface area contributed by atoms with Crippen molar-refractivity contribution in [3.63, 3.8) is 0 Å². The number of nitrogens with zero attached hydrogens (tertiary/aromatic N) is 1. The number of amides is 2. The van der Waals surface area contributed by atoms with Crippen molar-refractivity contribution in [2.75, 3.05) is 27.3 Å². The molecule has 1 atom stereocenters. The zero-order valence-corrected chi connectivity index (χ0v) is 22.1. The minimum Gasteiger partial charge on any atom is -0.484 e. The van der Waals surface area contributed by atoms with Gasteiger partial charge >= 0.3 is 0 Å². The van der Waals surface area contributed by atoms with Gasteiger partial charge in [0.05, 0.1) is 15.6 Å². The molecule has 37 heavy (non-hydrogen) atoms. The molecule has 0 radical (unpaired) electrons. The molecule has 7 nitrogen and oxygen atoms in total. The highest BCUT2D eigenvalue weighted by molar-refractivity contribution is 6.31. The molecule has 0 spiro atoms. The summed E-state index contributed by atoms with van der Waals surface area (Å²) in [7, 11) is 3.89. The first-order valence-electron chi connectivity index (χ1n) is 12.0. The Kier molecular flexibility index (Phi) is 8.16. The number of hydrogen-bond acceptors (Lipinski definition) is 5. The van der Waals surface area contributed by atoms with E-state index < -0.39 is 22.7 Å². The molecule has 200 valence electrons. The van der Waals surface area contributed by atoms with Gasteiger partial charge in [0.1, 0.15) is 23.1 Å². The molecule has 3 aliphatic rings. The van der Waals surface area contributed by atoms with E-state index >= 15 is 0 Å². The monoisotopic (exact) mass is 555 g/mol. The summed E-state index contributed by atoms with van der Waals surface area (Å²) in [6, 6.07) is 8.01. The summed E-state index contributed by atoms with van der Waals surface area (Å²) < 4.78 is 38.2. The molecular weight excluding hydrogens is 527 g/mol. The molecule has 2 N–H and O–H groups in total. The molecule has 3 aliphatic carbocycles. The highest BCUT2D eigenvalue weighted by Crippen LogP contribution is 2.48. The van der Waals surface area contributed by atoms with Crippen LogP contribution < -0.4 is 20.1 Å². The molecule has 5 rings (SSSR count). The molecule has 11 heteroatoms. The second-order valence-corrected chi connectivity index (χ2v) is 10.8. The number of benzene rings is 2. The van der Waals surface area contributed by atoms with Crippen molar-refractivity contribution in [3.8, 4) is 11.5 Å². The summed E-state index contributed by atoms with van der Waals surface area (Å²) in [5.41, 5.74) is -0.899. The van der Waals surface area contributed by atoms with Gasteiger partial charge in [-0.15, -0.1) is 0 Å². The van der Waals surface area contributed by atoms with Crippen molar-refractivity contribution < 1.29 is 27.8 Å². The van der Waals surface area contributed by atoms with Crippen molar-refractivity contribution in [1.29, 1.82) is 0 Å². The minimum atomic E-state index is -0.616. The Bertz CT molecular complexity index is 1170. The number of rotatable bonds is 9. The molecule has 2 aromatic rings. The summed E-state index contributed by atoms with van der Waals surface area (Å²) in [4.78, 5) is 27.6. The van der Waals surface area contributed by atoms with Crippen LogP contribution in [0.25, 0.3) is 0 Å². The summed E-state index contributed by atoms with van der Waals surface area (Å²) in [6.07, 6.45) is 3.34. The summed E-state index contributed by atoms with van der Waals surface area (Å²) in [5.74, 6) is -1.39. The number of nitrogens with one attached hydrogen (secondary N) is 2. The molecule has 0 aromatic heterocycles. The first-order valence-corrected chi connectivity index (χ1v) is 12.7. The van der Waals surface area contributed by atoms with Crippen molar-refractivity contribution in [2.24, 2.45) is 0 Å². The van der Waals surface area contributed by atoms with Gasteiger partial charge in [0.25, 0.3) is 11.8 Å². The Morgan fingerprint density at radius 1 is 0.892 bits per heavy atom. The van der Waals surface area contributed by atoms with Crippen molar-refractivity contribution >= 4 is 35.0 Å². The zero-order chi connectivity index (χ0) is 26.8. The topological polar surface area (TPSA) is 79.9 Å². The first kappa shape index (κ1) is 27.4. The lowest BCUT2D eigenvalue weighted by molar-refractivity contribution is -0.133. The lowest BCUT2D eigenvalue weighted by Crippen LogP contribution is -2.73. The SMILES string of the molecule is CN(C)C1CC2(NC(=O)COc3ccc(Cl)c(F)c3)CCC1(NC(=O)COc1ccc(Cl)c(F)c1)CC2. The fourth-order valence-corrected chi connectivity index (χ4v) is 5.65. The van der Waals surface area contributed by atoms with Crippen LogP contribution in [0.15, 0.2) is 36.4 Å². The van der Waals surface area contributed by atoms with Crippen LogP contribution in [0.2, 0.25) is 10.0 Å². The third kappa shape index (κ3) is 6.27. The van der Waals surface area contributed by atoms with Crippen molar-refractivity contribution in [2.45, 2.75) is 49.2 Å². The maximum Gasteiger partial charge on any atom is 0.258 e. The molecule has 2 amide bonds. The fraction of sp³-hybridized carbons (Fsp3) is 0.462. The van der Waals surface area contributed by atoms with Crippen LogP contribution in [0.1, 0.15) is 32.1 Å². The standard InChI is InChI=1S/C26H29Cl2F2N3O4/c1-33(2)22-13-25(31-23(34)14-36-16-3-5-18(27)20(29)11-16)7-9-26(22,10-8-25)32-24(35)15-37-17-4-6-19(28)21(30)12-17/h3-6,11-12,22H,7-10,13-15H2,1-2H3,(H,31,34)(H,32,35). The summed E-state index contributed by atoms with van der Waals surface area (Å²) in [5, 5.41) is 6.26. The van der Waals surface area contributed by atoms with E-state index in [9.17, 15) is 18.4 Å². The Morgan fingerprint density at radius 2 is 1.38 bits per heavy atom.